The monoisotopic (exact) mass is 323 g/mol. The van der Waals surface area contributed by atoms with E-state index in [-0.39, 0.29) is 5.82 Å². The molecule has 1 atom stereocenters. The minimum Gasteiger partial charge on any atom is -0.344 e. The fourth-order valence-electron chi connectivity index (χ4n) is 3.74. The summed E-state index contributed by atoms with van der Waals surface area (Å²) in [6, 6.07) is 9.78. The highest BCUT2D eigenvalue weighted by molar-refractivity contribution is 5.86. The topological polar surface area (TPSA) is 21.1 Å². The van der Waals surface area contributed by atoms with Gasteiger partial charge in [0.1, 0.15) is 5.82 Å². The quantitative estimate of drug-likeness (QED) is 0.731. The van der Waals surface area contributed by atoms with Crippen LogP contribution in [0.2, 0.25) is 0 Å². The van der Waals surface area contributed by atoms with Gasteiger partial charge in [0.25, 0.3) is 0 Å². The molecule has 2 aromatic heterocycles. The van der Waals surface area contributed by atoms with E-state index in [0.717, 1.165) is 36.8 Å². The van der Waals surface area contributed by atoms with E-state index < -0.39 is 0 Å². The first-order chi connectivity index (χ1) is 11.6. The van der Waals surface area contributed by atoms with E-state index in [1.54, 1.807) is 18.3 Å². The Hall–Kier alpha value is -2.20. The molecule has 0 bridgehead atoms. The van der Waals surface area contributed by atoms with Crippen LogP contribution in [-0.4, -0.2) is 27.5 Å². The Morgan fingerprint density at radius 2 is 2.17 bits per heavy atom. The molecular formula is C20H22FN3. The molecule has 1 aliphatic rings. The number of halogens is 1. The highest BCUT2D eigenvalue weighted by Crippen LogP contribution is 2.33. The molecule has 124 valence electrons. The van der Waals surface area contributed by atoms with Gasteiger partial charge in [0.15, 0.2) is 0 Å². The summed E-state index contributed by atoms with van der Waals surface area (Å²) in [5.41, 5.74) is 5.03. The van der Waals surface area contributed by atoms with Crippen LogP contribution in [0.25, 0.3) is 10.9 Å². The number of rotatable bonds is 3. The third-order valence-corrected chi connectivity index (χ3v) is 5.24. The van der Waals surface area contributed by atoms with Crippen LogP contribution >= 0.6 is 0 Å². The Bertz CT molecular complexity index is 869. The summed E-state index contributed by atoms with van der Waals surface area (Å²) < 4.78 is 16.2. The molecule has 0 fully saturated rings. The van der Waals surface area contributed by atoms with Gasteiger partial charge in [-0.2, -0.15) is 0 Å². The van der Waals surface area contributed by atoms with Gasteiger partial charge in [-0.25, -0.2) is 4.39 Å². The molecule has 0 N–H and O–H groups in total. The number of hydrogen-bond donors (Lipinski definition) is 0. The zero-order chi connectivity index (χ0) is 16.7. The van der Waals surface area contributed by atoms with Gasteiger partial charge in [-0.05, 0) is 55.8 Å². The molecule has 3 nitrogen and oxygen atoms in total. The second-order valence-corrected chi connectivity index (χ2v) is 6.82. The van der Waals surface area contributed by atoms with E-state index in [1.807, 2.05) is 18.3 Å². The molecule has 0 amide bonds. The number of nitrogens with zero attached hydrogens (tertiary/aromatic N) is 3. The van der Waals surface area contributed by atoms with Gasteiger partial charge < -0.3 is 4.57 Å². The molecular weight excluding hydrogens is 301 g/mol. The van der Waals surface area contributed by atoms with Gasteiger partial charge in [0.05, 0.1) is 0 Å². The molecule has 3 aromatic rings. The summed E-state index contributed by atoms with van der Waals surface area (Å²) in [4.78, 5) is 6.55. The smallest absolute Gasteiger partial charge is 0.123 e. The van der Waals surface area contributed by atoms with Crippen molar-refractivity contribution >= 4 is 10.9 Å². The normalized spacial score (nSPS) is 18.0. The van der Waals surface area contributed by atoms with Gasteiger partial charge in [0, 0.05) is 54.5 Å². The molecule has 0 saturated heterocycles. The lowest BCUT2D eigenvalue weighted by molar-refractivity contribution is 0.228. The van der Waals surface area contributed by atoms with Crippen molar-refractivity contribution in [3.05, 3.63) is 65.4 Å². The van der Waals surface area contributed by atoms with Crippen LogP contribution in [0.5, 0.6) is 0 Å². The van der Waals surface area contributed by atoms with Crippen molar-refractivity contribution in [1.82, 2.24) is 14.5 Å². The summed E-state index contributed by atoms with van der Waals surface area (Å²) in [7, 11) is 2.14. The molecule has 1 aromatic carbocycles. The zero-order valence-corrected chi connectivity index (χ0v) is 14.2. The average molecular weight is 323 g/mol. The van der Waals surface area contributed by atoms with Gasteiger partial charge in [-0.15, -0.1) is 0 Å². The third kappa shape index (κ3) is 2.61. The van der Waals surface area contributed by atoms with Crippen LogP contribution in [0.15, 0.2) is 42.7 Å². The number of fused-ring (bicyclic) bond motifs is 3. The fourth-order valence-corrected chi connectivity index (χ4v) is 3.74. The first-order valence-electron chi connectivity index (χ1n) is 8.52. The maximum atomic E-state index is 13.8. The first kappa shape index (κ1) is 15.3. The highest BCUT2D eigenvalue weighted by Gasteiger charge is 2.26. The van der Waals surface area contributed by atoms with Crippen molar-refractivity contribution in [2.75, 3.05) is 7.05 Å². The second kappa shape index (κ2) is 6.02. The van der Waals surface area contributed by atoms with Crippen LogP contribution in [0, 0.1) is 5.82 Å². The van der Waals surface area contributed by atoms with Gasteiger partial charge in [0.2, 0.25) is 0 Å². The van der Waals surface area contributed by atoms with Crippen molar-refractivity contribution in [1.29, 1.82) is 0 Å². The van der Waals surface area contributed by atoms with Crippen LogP contribution in [0.3, 0.4) is 0 Å². The first-order valence-corrected chi connectivity index (χ1v) is 8.52. The van der Waals surface area contributed by atoms with Crippen molar-refractivity contribution in [3.8, 4) is 0 Å². The van der Waals surface area contributed by atoms with Crippen molar-refractivity contribution in [2.45, 2.75) is 38.9 Å². The highest BCUT2D eigenvalue weighted by atomic mass is 19.1. The molecule has 0 saturated carbocycles. The standard InChI is InChI=1S/C20H22FN3/c1-14-10-20-18(13-23(14)2)17-11-16(21)5-6-19(17)24(20)9-7-15-4-3-8-22-12-15/h3-6,8,11-12,14H,7,9-10,13H2,1-2H3. The van der Waals surface area contributed by atoms with E-state index in [0.29, 0.717) is 6.04 Å². The molecule has 0 aliphatic carbocycles. The number of benzene rings is 1. The van der Waals surface area contributed by atoms with Crippen molar-refractivity contribution in [3.63, 3.8) is 0 Å². The third-order valence-electron chi connectivity index (χ3n) is 5.24. The number of aryl methyl sites for hydroxylation is 2. The Balaban J connectivity index is 1.78. The Kier molecular flexibility index (Phi) is 3.85. The maximum absolute atomic E-state index is 13.8. The van der Waals surface area contributed by atoms with Gasteiger partial charge >= 0.3 is 0 Å². The van der Waals surface area contributed by atoms with Crippen molar-refractivity contribution in [2.24, 2.45) is 0 Å². The molecule has 4 rings (SSSR count). The van der Waals surface area contributed by atoms with Gasteiger partial charge in [-0.3, -0.25) is 9.88 Å². The maximum Gasteiger partial charge on any atom is 0.123 e. The van der Waals surface area contributed by atoms with E-state index in [4.69, 9.17) is 0 Å². The van der Waals surface area contributed by atoms with E-state index >= 15 is 0 Å². The Morgan fingerprint density at radius 1 is 1.29 bits per heavy atom. The average Bonchev–Trinajstić information content (AvgIpc) is 2.87. The summed E-state index contributed by atoms with van der Waals surface area (Å²) in [6.07, 6.45) is 5.67. The second-order valence-electron chi connectivity index (χ2n) is 6.82. The van der Waals surface area contributed by atoms with Crippen LogP contribution in [0.4, 0.5) is 4.39 Å². The van der Waals surface area contributed by atoms with E-state index in [1.165, 1.54) is 16.8 Å². The van der Waals surface area contributed by atoms with Crippen molar-refractivity contribution < 1.29 is 4.39 Å². The summed E-state index contributed by atoms with van der Waals surface area (Å²) in [5, 5.41) is 1.06. The molecule has 24 heavy (non-hydrogen) atoms. The summed E-state index contributed by atoms with van der Waals surface area (Å²) in [6.45, 7) is 4.04. The van der Waals surface area contributed by atoms with E-state index in [9.17, 15) is 4.39 Å². The van der Waals surface area contributed by atoms with Crippen LogP contribution < -0.4 is 0 Å². The number of aromatic nitrogens is 2. The predicted molar refractivity (Wildman–Crippen MR) is 94.5 cm³/mol. The molecule has 1 unspecified atom stereocenters. The molecule has 3 heterocycles. The van der Waals surface area contributed by atoms with E-state index in [2.05, 4.69) is 34.5 Å². The summed E-state index contributed by atoms with van der Waals surface area (Å²) in [5.74, 6) is -0.156. The number of likely N-dealkylation sites (N-methyl/N-ethyl adjacent to an activating group) is 1. The van der Waals surface area contributed by atoms with Gasteiger partial charge in [-0.1, -0.05) is 6.07 Å². The molecule has 4 heteroatoms. The minimum atomic E-state index is -0.156. The van der Waals surface area contributed by atoms with Crippen LogP contribution in [0.1, 0.15) is 23.7 Å². The molecule has 1 aliphatic heterocycles. The molecule has 0 radical (unpaired) electrons. The molecule has 0 spiro atoms. The fraction of sp³-hybridized carbons (Fsp3) is 0.350. The Morgan fingerprint density at radius 3 is 2.96 bits per heavy atom. The lowest BCUT2D eigenvalue weighted by atomic mass is 10.00. The Labute approximate surface area is 141 Å². The van der Waals surface area contributed by atoms with Crippen LogP contribution in [-0.2, 0) is 25.9 Å². The lowest BCUT2D eigenvalue weighted by Crippen LogP contribution is -2.35. The largest absolute Gasteiger partial charge is 0.344 e. The minimum absolute atomic E-state index is 0.156. The predicted octanol–water partition coefficient (Wildman–Crippen LogP) is 3.79. The summed E-state index contributed by atoms with van der Waals surface area (Å²) >= 11 is 0. The SMILES string of the molecule is CC1Cc2c(c3cc(F)ccc3n2CCc2cccnc2)CN1C. The zero-order valence-electron chi connectivity index (χ0n) is 14.2. The number of hydrogen-bond acceptors (Lipinski definition) is 2. The number of pyridine rings is 1. The lowest BCUT2D eigenvalue weighted by Gasteiger charge is -2.31.